The van der Waals surface area contributed by atoms with Crippen molar-refractivity contribution in [1.82, 2.24) is 0 Å². The lowest BCUT2D eigenvalue weighted by atomic mass is 9.80. The fourth-order valence-electron chi connectivity index (χ4n) is 2.10. The SMILES string of the molecule is COC(=O)C(c1ccccc1)C(C)C(F)(F)C(F)(F)C(F)(F)F. The number of benzene rings is 1. The first-order valence-corrected chi connectivity index (χ1v) is 6.33. The van der Waals surface area contributed by atoms with Crippen LogP contribution in [0.25, 0.3) is 0 Å². The first kappa shape index (κ1) is 19.2. The molecular weight excluding hydrogens is 333 g/mol. The van der Waals surface area contributed by atoms with Gasteiger partial charge in [0.2, 0.25) is 0 Å². The Bertz CT molecular complexity index is 540. The van der Waals surface area contributed by atoms with Crippen molar-refractivity contribution in [3.8, 4) is 0 Å². The molecule has 0 amide bonds. The Morgan fingerprint density at radius 3 is 1.87 bits per heavy atom. The van der Waals surface area contributed by atoms with E-state index in [-0.39, 0.29) is 5.56 Å². The molecule has 1 aromatic carbocycles. The van der Waals surface area contributed by atoms with E-state index in [4.69, 9.17) is 0 Å². The molecule has 0 fully saturated rings. The van der Waals surface area contributed by atoms with Gasteiger partial charge in [0.15, 0.2) is 0 Å². The van der Waals surface area contributed by atoms with Crippen molar-refractivity contribution in [3.63, 3.8) is 0 Å². The summed E-state index contributed by atoms with van der Waals surface area (Å²) in [5.74, 6) is -17.8. The molecule has 0 bridgehead atoms. The summed E-state index contributed by atoms with van der Waals surface area (Å²) in [4.78, 5) is 11.7. The van der Waals surface area contributed by atoms with Crippen LogP contribution in [0.3, 0.4) is 0 Å². The van der Waals surface area contributed by atoms with Gasteiger partial charge in [0.05, 0.1) is 13.0 Å². The van der Waals surface area contributed by atoms with Gasteiger partial charge in [-0.2, -0.15) is 30.7 Å². The smallest absolute Gasteiger partial charge is 0.459 e. The zero-order valence-corrected chi connectivity index (χ0v) is 12.0. The van der Waals surface area contributed by atoms with Crippen molar-refractivity contribution in [2.45, 2.75) is 30.9 Å². The van der Waals surface area contributed by atoms with Gasteiger partial charge in [0.1, 0.15) is 0 Å². The highest BCUT2D eigenvalue weighted by molar-refractivity contribution is 5.78. The fourth-order valence-corrected chi connectivity index (χ4v) is 2.10. The van der Waals surface area contributed by atoms with E-state index in [0.717, 1.165) is 7.11 Å². The van der Waals surface area contributed by atoms with Gasteiger partial charge >= 0.3 is 24.0 Å². The van der Waals surface area contributed by atoms with Crippen LogP contribution < -0.4 is 0 Å². The van der Waals surface area contributed by atoms with E-state index in [0.29, 0.717) is 6.92 Å². The number of esters is 1. The average Bonchev–Trinajstić information content (AvgIpc) is 2.46. The third-order valence-electron chi connectivity index (χ3n) is 3.46. The Kier molecular flexibility index (Phi) is 5.33. The van der Waals surface area contributed by atoms with Crippen molar-refractivity contribution in [2.24, 2.45) is 5.92 Å². The Morgan fingerprint density at radius 1 is 1.00 bits per heavy atom. The maximum absolute atomic E-state index is 13.8. The molecule has 0 saturated carbocycles. The zero-order chi connectivity index (χ0) is 18.1. The van der Waals surface area contributed by atoms with E-state index < -0.39 is 35.8 Å². The first-order valence-electron chi connectivity index (χ1n) is 6.33. The Hall–Kier alpha value is -1.80. The third-order valence-corrected chi connectivity index (χ3v) is 3.46. The van der Waals surface area contributed by atoms with Crippen molar-refractivity contribution < 1.29 is 40.3 Å². The van der Waals surface area contributed by atoms with Crippen LogP contribution in [-0.4, -0.2) is 31.1 Å². The quantitative estimate of drug-likeness (QED) is 0.583. The number of rotatable bonds is 5. The number of carbonyl (C=O) groups is 1. The number of ether oxygens (including phenoxy) is 1. The predicted octanol–water partition coefficient (Wildman–Crippen LogP) is 4.41. The molecule has 0 aliphatic rings. The Labute approximate surface area is 127 Å². The van der Waals surface area contributed by atoms with E-state index in [1.165, 1.54) is 30.3 Å². The fraction of sp³-hybridized carbons (Fsp3) is 0.500. The normalized spacial score (nSPS) is 15.9. The van der Waals surface area contributed by atoms with Crippen LogP contribution in [0, 0.1) is 5.92 Å². The summed E-state index contributed by atoms with van der Waals surface area (Å²) in [5, 5.41) is 0. The summed E-state index contributed by atoms with van der Waals surface area (Å²) in [6.07, 6.45) is -6.46. The van der Waals surface area contributed by atoms with E-state index in [2.05, 4.69) is 4.74 Å². The maximum Gasteiger partial charge on any atom is 0.459 e. The van der Waals surface area contributed by atoms with Gasteiger partial charge < -0.3 is 4.74 Å². The molecule has 0 heterocycles. The lowest BCUT2D eigenvalue weighted by Gasteiger charge is -2.35. The summed E-state index contributed by atoms with van der Waals surface area (Å²) < 4.78 is 95.2. The van der Waals surface area contributed by atoms with Crippen molar-refractivity contribution in [1.29, 1.82) is 0 Å². The highest BCUT2D eigenvalue weighted by atomic mass is 19.4. The molecule has 0 saturated heterocycles. The monoisotopic (exact) mass is 346 g/mol. The minimum absolute atomic E-state index is 0.149. The molecule has 0 aromatic heterocycles. The number of hydrogen-bond acceptors (Lipinski definition) is 2. The highest BCUT2D eigenvalue weighted by Crippen LogP contribution is 2.52. The van der Waals surface area contributed by atoms with Crippen molar-refractivity contribution >= 4 is 5.97 Å². The van der Waals surface area contributed by atoms with Crippen molar-refractivity contribution in [2.75, 3.05) is 7.11 Å². The number of alkyl halides is 7. The molecule has 1 rings (SSSR count). The molecule has 0 radical (unpaired) electrons. The van der Waals surface area contributed by atoms with Gasteiger partial charge in [-0.1, -0.05) is 37.3 Å². The number of halogens is 7. The summed E-state index contributed by atoms with van der Waals surface area (Å²) in [5.41, 5.74) is -0.149. The predicted molar refractivity (Wildman–Crippen MR) is 66.3 cm³/mol. The number of hydrogen-bond donors (Lipinski definition) is 0. The minimum Gasteiger partial charge on any atom is -0.469 e. The summed E-state index contributed by atoms with van der Waals surface area (Å²) in [6, 6.07) is 6.46. The van der Waals surface area contributed by atoms with Crippen molar-refractivity contribution in [3.05, 3.63) is 35.9 Å². The van der Waals surface area contributed by atoms with E-state index in [1.54, 1.807) is 0 Å². The minimum atomic E-state index is -6.46. The lowest BCUT2D eigenvalue weighted by Crippen LogP contribution is -2.56. The molecule has 2 nitrogen and oxygen atoms in total. The molecule has 2 atom stereocenters. The van der Waals surface area contributed by atoms with E-state index in [1.807, 2.05) is 0 Å². The van der Waals surface area contributed by atoms with E-state index in [9.17, 15) is 35.5 Å². The second-order valence-electron chi connectivity index (χ2n) is 4.90. The highest BCUT2D eigenvalue weighted by Gasteiger charge is 2.75. The molecule has 0 aliphatic carbocycles. The van der Waals surface area contributed by atoms with Crippen LogP contribution in [-0.2, 0) is 9.53 Å². The molecule has 1 aromatic rings. The van der Waals surface area contributed by atoms with Crippen LogP contribution in [0.15, 0.2) is 30.3 Å². The summed E-state index contributed by atoms with van der Waals surface area (Å²) in [6.45, 7) is 0.453. The summed E-state index contributed by atoms with van der Waals surface area (Å²) in [7, 11) is 0.824. The molecule has 23 heavy (non-hydrogen) atoms. The average molecular weight is 346 g/mol. The number of carbonyl (C=O) groups excluding carboxylic acids is 1. The third kappa shape index (κ3) is 3.42. The molecule has 2 unspecified atom stereocenters. The van der Waals surface area contributed by atoms with Gasteiger partial charge in [-0.3, -0.25) is 4.79 Å². The largest absolute Gasteiger partial charge is 0.469 e. The van der Waals surface area contributed by atoms with Gasteiger partial charge in [0, 0.05) is 5.92 Å². The van der Waals surface area contributed by atoms with Crippen LogP contribution >= 0.6 is 0 Å². The number of methoxy groups -OCH3 is 1. The summed E-state index contributed by atoms with van der Waals surface area (Å²) >= 11 is 0. The maximum atomic E-state index is 13.8. The van der Waals surface area contributed by atoms with Crippen LogP contribution in [0.2, 0.25) is 0 Å². The Balaban J connectivity index is 3.35. The molecule has 9 heteroatoms. The van der Waals surface area contributed by atoms with Crippen LogP contribution in [0.4, 0.5) is 30.7 Å². The second-order valence-corrected chi connectivity index (χ2v) is 4.90. The zero-order valence-electron chi connectivity index (χ0n) is 12.0. The van der Waals surface area contributed by atoms with E-state index >= 15 is 0 Å². The first-order chi connectivity index (χ1) is 10.4. The molecular formula is C14H13F7O2. The van der Waals surface area contributed by atoms with Crippen LogP contribution in [0.5, 0.6) is 0 Å². The standard InChI is InChI=1S/C14H13F7O2/c1-8(12(15,16)13(17,18)14(19,20)21)10(11(22)23-2)9-6-4-3-5-7-9/h3-8,10H,1-2H3. The molecule has 0 spiro atoms. The van der Waals surface area contributed by atoms with Gasteiger partial charge in [-0.25, -0.2) is 0 Å². The van der Waals surface area contributed by atoms with Gasteiger partial charge in [-0.15, -0.1) is 0 Å². The molecule has 0 aliphatic heterocycles. The van der Waals surface area contributed by atoms with Gasteiger partial charge in [-0.05, 0) is 5.56 Å². The molecule has 130 valence electrons. The second kappa shape index (κ2) is 6.37. The topological polar surface area (TPSA) is 26.3 Å². The molecule has 0 N–H and O–H groups in total. The van der Waals surface area contributed by atoms with Crippen LogP contribution in [0.1, 0.15) is 18.4 Å². The van der Waals surface area contributed by atoms with Gasteiger partial charge in [0.25, 0.3) is 0 Å². The lowest BCUT2D eigenvalue weighted by molar-refractivity contribution is -0.365. The Morgan fingerprint density at radius 2 is 1.48 bits per heavy atom.